The number of halogens is 1. The molecule has 0 bridgehead atoms. The van der Waals surface area contributed by atoms with Crippen molar-refractivity contribution in [1.29, 1.82) is 0 Å². The normalized spacial score (nSPS) is 10.7. The summed E-state index contributed by atoms with van der Waals surface area (Å²) in [5.74, 6) is -0.482. The van der Waals surface area contributed by atoms with Crippen LogP contribution in [0.1, 0.15) is 19.4 Å². The van der Waals surface area contributed by atoms with E-state index in [1.54, 1.807) is 18.2 Å². The van der Waals surface area contributed by atoms with E-state index in [2.05, 4.69) is 15.3 Å². The summed E-state index contributed by atoms with van der Waals surface area (Å²) in [4.78, 5) is 31.4. The van der Waals surface area contributed by atoms with E-state index in [0.29, 0.717) is 22.9 Å². The van der Waals surface area contributed by atoms with Crippen molar-refractivity contribution in [2.75, 3.05) is 5.32 Å². The second-order valence-electron chi connectivity index (χ2n) is 6.20. The van der Waals surface area contributed by atoms with Crippen LogP contribution in [0.2, 0.25) is 0 Å². The molecule has 0 atom stereocenters. The van der Waals surface area contributed by atoms with E-state index in [1.807, 2.05) is 35.7 Å². The van der Waals surface area contributed by atoms with Crippen LogP contribution in [0.4, 0.5) is 5.13 Å². The molecule has 0 radical (unpaired) electrons. The topological polar surface area (TPSA) is 116 Å². The largest absolute Gasteiger partial charge is 0.423 e. The second kappa shape index (κ2) is 11.1. The zero-order valence-corrected chi connectivity index (χ0v) is 18.5. The first-order chi connectivity index (χ1) is 14.4. The maximum atomic E-state index is 11.4. The molecule has 1 heterocycles. The monoisotopic (exact) mass is 460 g/mol. The van der Waals surface area contributed by atoms with Crippen molar-refractivity contribution in [3.05, 3.63) is 59.5 Å². The minimum Gasteiger partial charge on any atom is -0.423 e. The second-order valence-corrected chi connectivity index (χ2v) is 7.06. The molecule has 31 heavy (non-hydrogen) atoms. The molecule has 162 valence electrons. The molecular weight excluding hydrogens is 440 g/mol. The van der Waals surface area contributed by atoms with E-state index < -0.39 is 11.9 Å². The highest BCUT2D eigenvalue weighted by atomic mass is 35.5. The van der Waals surface area contributed by atoms with E-state index in [4.69, 9.17) is 15.2 Å². The van der Waals surface area contributed by atoms with E-state index in [1.165, 1.54) is 25.2 Å². The number of carbonyl (C=O) groups excluding carboxylic acids is 2. The van der Waals surface area contributed by atoms with Crippen LogP contribution in [-0.2, 0) is 16.1 Å². The third kappa shape index (κ3) is 7.09. The number of carbonyl (C=O) groups is 2. The van der Waals surface area contributed by atoms with Crippen LogP contribution in [0.15, 0.2) is 58.9 Å². The van der Waals surface area contributed by atoms with Crippen LogP contribution in [0, 0.1) is 0 Å². The highest BCUT2D eigenvalue weighted by molar-refractivity contribution is 7.14. The minimum atomic E-state index is -0.524. The van der Waals surface area contributed by atoms with Crippen LogP contribution in [0.5, 0.6) is 11.5 Å². The number of anilines is 1. The van der Waals surface area contributed by atoms with Gasteiger partial charge in [0.05, 0.1) is 12.2 Å². The fraction of sp³-hybridized carbons (Fsp3) is 0.143. The number of nitrogens with two attached hydrogens (primary N) is 1. The molecule has 0 amide bonds. The van der Waals surface area contributed by atoms with Crippen LogP contribution in [0.3, 0.4) is 0 Å². The quantitative estimate of drug-likeness (QED) is 0.247. The molecule has 10 heteroatoms. The van der Waals surface area contributed by atoms with Gasteiger partial charge in [-0.2, -0.15) is 0 Å². The highest BCUT2D eigenvalue weighted by Crippen LogP contribution is 2.34. The maximum Gasteiger partial charge on any atom is 0.308 e. The summed E-state index contributed by atoms with van der Waals surface area (Å²) < 4.78 is 10.2. The zero-order chi connectivity index (χ0) is 21.5. The number of guanidine groups is 1. The molecule has 3 N–H and O–H groups in total. The predicted octanol–water partition coefficient (Wildman–Crippen LogP) is 4.01. The van der Waals surface area contributed by atoms with Gasteiger partial charge in [-0.1, -0.05) is 30.3 Å². The molecule has 0 spiro atoms. The average molecular weight is 461 g/mol. The molecule has 1 aromatic heterocycles. The van der Waals surface area contributed by atoms with Crippen LogP contribution >= 0.6 is 23.7 Å². The van der Waals surface area contributed by atoms with Gasteiger partial charge in [-0.3, -0.25) is 9.59 Å². The lowest BCUT2D eigenvalue weighted by atomic mass is 10.1. The molecule has 0 fully saturated rings. The Bertz CT molecular complexity index is 1090. The fourth-order valence-electron chi connectivity index (χ4n) is 2.51. The Hall–Kier alpha value is -3.43. The first-order valence-corrected chi connectivity index (χ1v) is 9.86. The first-order valence-electron chi connectivity index (χ1n) is 8.98. The number of aromatic nitrogens is 1. The lowest BCUT2D eigenvalue weighted by Crippen LogP contribution is -2.22. The summed E-state index contributed by atoms with van der Waals surface area (Å²) in [6, 6.07) is 14.6. The molecule has 0 unspecified atom stereocenters. The van der Waals surface area contributed by atoms with Crippen molar-refractivity contribution in [3.63, 3.8) is 0 Å². The zero-order valence-electron chi connectivity index (χ0n) is 16.8. The molecule has 2 aromatic carbocycles. The Morgan fingerprint density at radius 2 is 1.74 bits per heavy atom. The van der Waals surface area contributed by atoms with Crippen molar-refractivity contribution < 1.29 is 19.1 Å². The van der Waals surface area contributed by atoms with Gasteiger partial charge in [-0.15, -0.1) is 23.7 Å². The third-order valence-corrected chi connectivity index (χ3v) is 4.52. The van der Waals surface area contributed by atoms with Crippen LogP contribution in [0.25, 0.3) is 11.3 Å². The fourth-order valence-corrected chi connectivity index (χ4v) is 3.24. The number of thiazole rings is 1. The van der Waals surface area contributed by atoms with Gasteiger partial charge in [0.1, 0.15) is 0 Å². The van der Waals surface area contributed by atoms with Gasteiger partial charge in [-0.25, -0.2) is 9.98 Å². The lowest BCUT2D eigenvalue weighted by Gasteiger charge is -2.09. The Kier molecular flexibility index (Phi) is 8.53. The molecule has 3 rings (SSSR count). The van der Waals surface area contributed by atoms with Crippen molar-refractivity contribution >= 4 is 46.8 Å². The van der Waals surface area contributed by atoms with E-state index >= 15 is 0 Å². The number of aliphatic imine (C=N–C) groups is 1. The SMILES string of the molecule is CC(=O)Oc1ccc(-c2csc(NC(N)=NCc3ccccc3)n2)cc1OC(C)=O.Cl. The molecule has 3 aromatic rings. The Morgan fingerprint density at radius 1 is 1.06 bits per heavy atom. The summed E-state index contributed by atoms with van der Waals surface area (Å²) in [5, 5.41) is 5.36. The molecule has 0 aliphatic heterocycles. The van der Waals surface area contributed by atoms with Gasteiger partial charge < -0.3 is 20.5 Å². The van der Waals surface area contributed by atoms with Gasteiger partial charge in [0.15, 0.2) is 22.6 Å². The molecule has 0 aliphatic carbocycles. The number of hydrogen-bond donors (Lipinski definition) is 2. The van der Waals surface area contributed by atoms with Crippen LogP contribution < -0.4 is 20.5 Å². The van der Waals surface area contributed by atoms with Gasteiger partial charge in [0, 0.05) is 24.8 Å². The van der Waals surface area contributed by atoms with Crippen molar-refractivity contribution in [3.8, 4) is 22.8 Å². The maximum absolute atomic E-state index is 11.4. The number of rotatable bonds is 6. The van der Waals surface area contributed by atoms with Crippen molar-refractivity contribution in [1.82, 2.24) is 4.98 Å². The third-order valence-electron chi connectivity index (χ3n) is 3.76. The number of nitrogens with one attached hydrogen (secondary N) is 1. The average Bonchev–Trinajstić information content (AvgIpc) is 3.16. The lowest BCUT2D eigenvalue weighted by molar-refractivity contribution is -0.134. The minimum absolute atomic E-state index is 0. The Morgan fingerprint density at radius 3 is 2.42 bits per heavy atom. The van der Waals surface area contributed by atoms with E-state index in [9.17, 15) is 9.59 Å². The van der Waals surface area contributed by atoms with E-state index in [0.717, 1.165) is 5.56 Å². The summed E-state index contributed by atoms with van der Waals surface area (Å²) in [5.41, 5.74) is 8.32. The number of ether oxygens (including phenoxy) is 2. The molecular formula is C21H21ClN4O4S. The Balaban J connectivity index is 0.00000341. The summed E-state index contributed by atoms with van der Waals surface area (Å²) in [7, 11) is 0. The molecule has 0 saturated heterocycles. The van der Waals surface area contributed by atoms with Crippen molar-refractivity contribution in [2.45, 2.75) is 20.4 Å². The van der Waals surface area contributed by atoms with Gasteiger partial charge in [0.2, 0.25) is 0 Å². The molecule has 8 nitrogen and oxygen atoms in total. The number of benzene rings is 2. The van der Waals surface area contributed by atoms with E-state index in [-0.39, 0.29) is 29.9 Å². The predicted molar refractivity (Wildman–Crippen MR) is 123 cm³/mol. The van der Waals surface area contributed by atoms with Gasteiger partial charge >= 0.3 is 11.9 Å². The standard InChI is InChI=1S/C21H20N4O4S.ClH/c1-13(26)28-18-9-8-16(10-19(18)29-14(2)27)17-12-30-21(24-17)25-20(22)23-11-15-6-4-3-5-7-15;/h3-10,12H,11H2,1-2H3,(H3,22,23,24,25);1H. The first kappa shape index (κ1) is 23.8. The number of esters is 2. The number of nitrogens with zero attached hydrogens (tertiary/aromatic N) is 2. The summed E-state index contributed by atoms with van der Waals surface area (Å²) in [6.07, 6.45) is 0. The van der Waals surface area contributed by atoms with Crippen LogP contribution in [-0.4, -0.2) is 22.9 Å². The molecule has 0 aliphatic rings. The van der Waals surface area contributed by atoms with Crippen molar-refractivity contribution in [2.24, 2.45) is 10.7 Å². The summed E-state index contributed by atoms with van der Waals surface area (Å²) >= 11 is 1.35. The van der Waals surface area contributed by atoms with Gasteiger partial charge in [0.25, 0.3) is 0 Å². The van der Waals surface area contributed by atoms with Gasteiger partial charge in [-0.05, 0) is 23.8 Å². The smallest absolute Gasteiger partial charge is 0.308 e. The molecule has 0 saturated carbocycles. The summed E-state index contributed by atoms with van der Waals surface area (Å²) in [6.45, 7) is 3.00. The Labute approximate surface area is 189 Å². The number of hydrogen-bond acceptors (Lipinski definition) is 7. The highest BCUT2D eigenvalue weighted by Gasteiger charge is 2.14.